The molecule has 0 saturated heterocycles. The van der Waals surface area contributed by atoms with Gasteiger partial charge in [0.1, 0.15) is 23.2 Å². The van der Waals surface area contributed by atoms with Gasteiger partial charge in [-0.15, -0.1) is 0 Å². The second-order valence-electron chi connectivity index (χ2n) is 13.5. The maximum Gasteiger partial charge on any atom is 0.386 e. The van der Waals surface area contributed by atoms with Crippen LogP contribution in [0.4, 0.5) is 0 Å². The molecule has 1 aromatic carbocycles. The Bertz CT molecular complexity index is 2950. The van der Waals surface area contributed by atoms with E-state index in [-0.39, 0.29) is 38.1 Å². The van der Waals surface area contributed by atoms with Crippen LogP contribution in [0.5, 0.6) is 11.5 Å². The monoisotopic (exact) mass is 860 g/mol. The minimum Gasteiger partial charge on any atom is -0.425 e. The van der Waals surface area contributed by atoms with E-state index in [9.17, 15) is 49.2 Å². The number of aliphatic hydroxyl groups excluding tert-OH is 3. The number of nitrogens with zero attached hydrogens (tertiary/aromatic N) is 8. The van der Waals surface area contributed by atoms with Crippen molar-refractivity contribution in [3.63, 3.8) is 0 Å². The number of carbonyl (C=O) groups excluding carboxylic acids is 4. The molecule has 5 aromatic rings. The Balaban J connectivity index is 1.57. The third kappa shape index (κ3) is 8.58. The Morgan fingerprint density at radius 2 is 1.17 bits per heavy atom. The minimum atomic E-state index is -3.36. The lowest BCUT2D eigenvalue weighted by Crippen LogP contribution is -2.56. The second-order valence-corrected chi connectivity index (χ2v) is 13.5. The van der Waals surface area contributed by atoms with Crippen LogP contribution in [0.1, 0.15) is 52.6 Å². The van der Waals surface area contributed by atoms with Crippen molar-refractivity contribution in [2.45, 2.75) is 38.4 Å². The second kappa shape index (κ2) is 17.8. The summed E-state index contributed by atoms with van der Waals surface area (Å²) in [5.41, 5.74) is -5.30. The van der Waals surface area contributed by atoms with Crippen LogP contribution in [0.25, 0.3) is 22.6 Å². The van der Waals surface area contributed by atoms with Gasteiger partial charge in [-0.25, -0.2) is 29.0 Å². The topological polar surface area (TPSA) is 307 Å². The van der Waals surface area contributed by atoms with E-state index in [0.29, 0.717) is 0 Å². The van der Waals surface area contributed by atoms with Crippen LogP contribution in [-0.2, 0) is 11.3 Å². The highest BCUT2D eigenvalue weighted by Crippen LogP contribution is 2.42. The average Bonchev–Trinajstić information content (AvgIpc) is 3.31. The molecule has 2 aliphatic heterocycles. The van der Waals surface area contributed by atoms with Gasteiger partial charge in [-0.05, 0) is 62.4 Å². The number of pyridine rings is 4. The maximum atomic E-state index is 14.4. The third-order valence-electron chi connectivity index (χ3n) is 9.44. The number of ether oxygens (including phenoxy) is 3. The van der Waals surface area contributed by atoms with Crippen LogP contribution in [0.2, 0.25) is 0 Å². The van der Waals surface area contributed by atoms with E-state index in [0.717, 1.165) is 17.0 Å². The van der Waals surface area contributed by atoms with Crippen molar-refractivity contribution in [2.24, 2.45) is 0 Å². The summed E-state index contributed by atoms with van der Waals surface area (Å²) in [6.45, 7) is 0.345. The van der Waals surface area contributed by atoms with Gasteiger partial charge in [0.25, 0.3) is 5.79 Å². The van der Waals surface area contributed by atoms with Gasteiger partial charge in [0.15, 0.2) is 23.0 Å². The summed E-state index contributed by atoms with van der Waals surface area (Å²) >= 11 is 0. The highest BCUT2D eigenvalue weighted by Gasteiger charge is 2.46. The predicted molar refractivity (Wildman–Crippen MR) is 211 cm³/mol. The van der Waals surface area contributed by atoms with Crippen molar-refractivity contribution >= 4 is 34.9 Å². The van der Waals surface area contributed by atoms with Crippen LogP contribution in [0.3, 0.4) is 0 Å². The van der Waals surface area contributed by atoms with E-state index in [1.165, 1.54) is 99.6 Å². The van der Waals surface area contributed by atoms with E-state index < -0.39 is 100 Å². The summed E-state index contributed by atoms with van der Waals surface area (Å²) in [6.07, 6.45) is 5.17. The Labute approximate surface area is 352 Å². The average molecular weight is 861 g/mol. The van der Waals surface area contributed by atoms with Crippen molar-refractivity contribution in [1.29, 1.82) is 0 Å². The SMILES string of the molecule is Cc1c(C)c(OC(=O)c2cccnc2)c2c(nc3c(=O)n(OC(=O)c4cccnc4)c(=O)nc-3n2CC(O)(OC(=O)c2cccnc2)C(O)C(O)CO)c1OC(=O)c1cccnc1. The van der Waals surface area contributed by atoms with Crippen molar-refractivity contribution in [3.05, 3.63) is 152 Å². The fraction of sp³-hybridized carbons (Fsp3) is 0.171. The summed E-state index contributed by atoms with van der Waals surface area (Å²) in [6, 6.07) is 10.9. The van der Waals surface area contributed by atoms with E-state index in [1.807, 2.05) is 0 Å². The Kier molecular flexibility index (Phi) is 12.1. The first-order valence-corrected chi connectivity index (χ1v) is 18.4. The van der Waals surface area contributed by atoms with Crippen LogP contribution < -0.4 is 25.6 Å². The third-order valence-corrected chi connectivity index (χ3v) is 9.44. The first-order chi connectivity index (χ1) is 30.2. The molecule has 3 unspecified atom stereocenters. The molecule has 320 valence electrons. The number of rotatable bonds is 13. The molecule has 4 N–H and O–H groups in total. The smallest absolute Gasteiger partial charge is 0.386 e. The molecule has 4 aromatic heterocycles. The molecule has 3 atom stereocenters. The van der Waals surface area contributed by atoms with Crippen molar-refractivity contribution in [3.8, 4) is 23.0 Å². The highest BCUT2D eigenvalue weighted by atomic mass is 16.7. The number of aromatic nitrogens is 8. The minimum absolute atomic E-state index is 0.0362. The van der Waals surface area contributed by atoms with Crippen LogP contribution in [0.15, 0.2) is 108 Å². The van der Waals surface area contributed by atoms with E-state index >= 15 is 0 Å². The lowest BCUT2D eigenvalue weighted by molar-refractivity contribution is -0.255. The summed E-state index contributed by atoms with van der Waals surface area (Å²) in [5, 5.41) is 44.2. The number of hydrogen-bond donors (Lipinski definition) is 4. The molecular formula is C41H32N8O14. The summed E-state index contributed by atoms with van der Waals surface area (Å²) < 4.78 is 18.0. The molecule has 0 fully saturated rings. The van der Waals surface area contributed by atoms with Crippen LogP contribution >= 0.6 is 0 Å². The number of esters is 3. The van der Waals surface area contributed by atoms with Gasteiger partial charge in [0, 0.05) is 60.7 Å². The van der Waals surface area contributed by atoms with Gasteiger partial charge in [0.05, 0.1) is 35.4 Å². The number of benzene rings is 1. The Hall–Kier alpha value is -8.18. The molecule has 0 saturated carbocycles. The van der Waals surface area contributed by atoms with Crippen molar-refractivity contribution < 1.29 is 58.7 Å². The molecule has 7 rings (SSSR count). The van der Waals surface area contributed by atoms with E-state index in [1.54, 1.807) is 0 Å². The number of aliphatic hydroxyl groups is 4. The highest BCUT2D eigenvalue weighted by molar-refractivity contribution is 6.00. The van der Waals surface area contributed by atoms with Crippen LogP contribution in [0, 0.1) is 13.8 Å². The summed E-state index contributed by atoms with van der Waals surface area (Å²) in [4.78, 5) is 111. The molecule has 0 amide bonds. The molecule has 22 heteroatoms. The molecule has 22 nitrogen and oxygen atoms in total. The molecule has 2 aliphatic rings. The molecule has 0 bridgehead atoms. The van der Waals surface area contributed by atoms with Gasteiger partial charge >= 0.3 is 35.1 Å². The van der Waals surface area contributed by atoms with Gasteiger partial charge in [0.2, 0.25) is 0 Å². The zero-order valence-corrected chi connectivity index (χ0v) is 32.8. The maximum absolute atomic E-state index is 14.4. The van der Waals surface area contributed by atoms with Crippen molar-refractivity contribution in [1.82, 2.24) is 39.2 Å². The molecule has 0 radical (unpaired) electrons. The standard InChI is InChI=1S/C41H32N8O14/c1-21-22(2)32(61-37(55)24-8-4-12-43-16-24)30-28(31(21)60-36(54)23-7-3-11-42-15-23)46-29-34(47-40(58)49(35(29)53)63-39(57)26-10-6-14-45-18-26)48(30)20-41(59,33(52)27(51)19-50)62-38(56)25-9-5-13-44-17-25/h3-18,27,33,50-52,59H,19-20H2,1-2H3. The zero-order chi connectivity index (χ0) is 45.0. The van der Waals surface area contributed by atoms with Gasteiger partial charge < -0.3 is 44.0 Å². The normalized spacial score (nSPS) is 13.1. The van der Waals surface area contributed by atoms with Gasteiger partial charge in [-0.2, -0.15) is 4.98 Å². The molecule has 63 heavy (non-hydrogen) atoms. The fourth-order valence-electron chi connectivity index (χ4n) is 6.13. The number of fused-ring (bicyclic) bond motifs is 2. The Morgan fingerprint density at radius 1 is 0.698 bits per heavy atom. The Morgan fingerprint density at radius 3 is 1.67 bits per heavy atom. The molecular weight excluding hydrogens is 828 g/mol. The summed E-state index contributed by atoms with van der Waals surface area (Å²) in [7, 11) is 0. The van der Waals surface area contributed by atoms with Gasteiger partial charge in [-0.3, -0.25) is 24.7 Å². The zero-order valence-electron chi connectivity index (χ0n) is 32.8. The molecule has 0 aliphatic carbocycles. The first kappa shape index (κ1) is 42.9. The lowest BCUT2D eigenvalue weighted by Gasteiger charge is -2.36. The number of hydrogen-bond acceptors (Lipinski definition) is 20. The van der Waals surface area contributed by atoms with E-state index in [4.69, 9.17) is 19.0 Å². The quantitative estimate of drug-likeness (QED) is 0.0522. The number of carbonyl (C=O) groups is 4. The lowest BCUT2D eigenvalue weighted by atomic mass is 10.0. The molecule has 0 spiro atoms. The van der Waals surface area contributed by atoms with E-state index in [2.05, 4.69) is 29.9 Å². The fourth-order valence-corrected chi connectivity index (χ4v) is 6.13. The van der Waals surface area contributed by atoms with Gasteiger partial charge in [-0.1, -0.05) is 4.73 Å². The van der Waals surface area contributed by atoms with Crippen molar-refractivity contribution in [2.75, 3.05) is 6.61 Å². The summed E-state index contributed by atoms with van der Waals surface area (Å²) in [5.74, 6) is -9.56. The first-order valence-electron chi connectivity index (χ1n) is 18.4. The largest absolute Gasteiger partial charge is 0.425 e. The predicted octanol–water partition coefficient (Wildman–Crippen LogP) is 0.222. The molecule has 6 heterocycles. The van der Waals surface area contributed by atoms with Crippen LogP contribution in [-0.4, -0.2) is 108 Å².